The van der Waals surface area contributed by atoms with E-state index in [1.807, 2.05) is 12.3 Å². The summed E-state index contributed by atoms with van der Waals surface area (Å²) in [5.74, 6) is 2.08. The molecule has 0 saturated heterocycles. The van der Waals surface area contributed by atoms with Crippen molar-refractivity contribution in [1.29, 1.82) is 0 Å². The minimum atomic E-state index is 0.368. The molecule has 1 aliphatic rings. The van der Waals surface area contributed by atoms with Crippen LogP contribution in [-0.2, 0) is 0 Å². The monoisotopic (exact) mass is 261 g/mol. The fraction of sp³-hybridized carbons (Fsp3) is 0.688. The molecule has 2 rings (SSSR count). The quantitative estimate of drug-likeness (QED) is 0.777. The van der Waals surface area contributed by atoms with Crippen LogP contribution >= 0.6 is 0 Å². The third-order valence-corrected chi connectivity index (χ3v) is 3.76. The van der Waals surface area contributed by atoms with Gasteiger partial charge >= 0.3 is 0 Å². The molecule has 1 saturated carbocycles. The Balaban J connectivity index is 2.18. The van der Waals surface area contributed by atoms with Gasteiger partial charge in [0.1, 0.15) is 5.82 Å². The highest BCUT2D eigenvalue weighted by atomic mass is 15.2. The summed E-state index contributed by atoms with van der Waals surface area (Å²) in [5, 5.41) is 3.50. The Morgan fingerprint density at radius 3 is 2.84 bits per heavy atom. The van der Waals surface area contributed by atoms with Crippen molar-refractivity contribution in [2.24, 2.45) is 5.92 Å². The predicted molar refractivity (Wildman–Crippen MR) is 81.6 cm³/mol. The van der Waals surface area contributed by atoms with Crippen molar-refractivity contribution in [2.75, 3.05) is 24.5 Å². The molecule has 19 heavy (non-hydrogen) atoms. The van der Waals surface area contributed by atoms with Gasteiger partial charge in [0.05, 0.1) is 0 Å². The van der Waals surface area contributed by atoms with Crippen molar-refractivity contribution < 1.29 is 0 Å². The number of hydrogen-bond acceptors (Lipinski definition) is 3. The van der Waals surface area contributed by atoms with Gasteiger partial charge in [0.15, 0.2) is 0 Å². The summed E-state index contributed by atoms with van der Waals surface area (Å²) in [5.41, 5.74) is 1.33. The third kappa shape index (κ3) is 3.93. The molecule has 0 aliphatic heterocycles. The van der Waals surface area contributed by atoms with E-state index >= 15 is 0 Å². The van der Waals surface area contributed by atoms with Gasteiger partial charge in [-0.3, -0.25) is 0 Å². The molecule has 0 radical (unpaired) electrons. The van der Waals surface area contributed by atoms with E-state index < -0.39 is 0 Å². The van der Waals surface area contributed by atoms with Gasteiger partial charge in [-0.25, -0.2) is 4.98 Å². The summed E-state index contributed by atoms with van der Waals surface area (Å²) in [6, 6.07) is 4.63. The van der Waals surface area contributed by atoms with E-state index in [1.165, 1.54) is 37.2 Å². The highest BCUT2D eigenvalue weighted by molar-refractivity contribution is 5.48. The minimum absolute atomic E-state index is 0.368. The van der Waals surface area contributed by atoms with E-state index in [9.17, 15) is 0 Å². The van der Waals surface area contributed by atoms with Crippen LogP contribution in [0.15, 0.2) is 18.3 Å². The van der Waals surface area contributed by atoms with Gasteiger partial charge in [-0.1, -0.05) is 19.9 Å². The van der Waals surface area contributed by atoms with Gasteiger partial charge in [0.2, 0.25) is 0 Å². The van der Waals surface area contributed by atoms with Crippen LogP contribution in [0.5, 0.6) is 0 Å². The first-order valence-corrected chi connectivity index (χ1v) is 7.69. The van der Waals surface area contributed by atoms with E-state index in [4.69, 9.17) is 0 Å². The molecule has 0 aromatic carbocycles. The zero-order chi connectivity index (χ0) is 13.7. The van der Waals surface area contributed by atoms with Crippen LogP contribution in [0.2, 0.25) is 0 Å². The third-order valence-electron chi connectivity index (χ3n) is 3.76. The molecular weight excluding hydrogens is 234 g/mol. The molecular formula is C16H27N3. The maximum Gasteiger partial charge on any atom is 0.133 e. The van der Waals surface area contributed by atoms with Crippen LogP contribution in [-0.4, -0.2) is 24.6 Å². The van der Waals surface area contributed by atoms with E-state index in [1.54, 1.807) is 0 Å². The maximum absolute atomic E-state index is 4.67. The first kappa shape index (κ1) is 14.3. The normalized spacial score (nSPS) is 16.4. The van der Waals surface area contributed by atoms with E-state index in [0.717, 1.165) is 19.0 Å². The summed E-state index contributed by atoms with van der Waals surface area (Å²) >= 11 is 0. The van der Waals surface area contributed by atoms with Crippen LogP contribution in [0.4, 0.5) is 5.82 Å². The molecule has 1 fully saturated rings. The number of nitrogens with zero attached hydrogens (tertiary/aromatic N) is 2. The van der Waals surface area contributed by atoms with Crippen molar-refractivity contribution in [2.45, 2.75) is 46.1 Å². The fourth-order valence-electron chi connectivity index (χ4n) is 2.59. The van der Waals surface area contributed by atoms with Gasteiger partial charge in [0, 0.05) is 30.9 Å². The smallest absolute Gasteiger partial charge is 0.133 e. The van der Waals surface area contributed by atoms with Crippen molar-refractivity contribution in [1.82, 2.24) is 10.3 Å². The van der Waals surface area contributed by atoms with Crippen LogP contribution in [0, 0.1) is 5.92 Å². The van der Waals surface area contributed by atoms with Crippen molar-refractivity contribution in [3.8, 4) is 0 Å². The van der Waals surface area contributed by atoms with Gasteiger partial charge in [-0.2, -0.15) is 0 Å². The minimum Gasteiger partial charge on any atom is -0.356 e. The molecule has 1 N–H and O–H groups in total. The first-order chi connectivity index (χ1) is 9.26. The summed E-state index contributed by atoms with van der Waals surface area (Å²) < 4.78 is 0. The van der Waals surface area contributed by atoms with Crippen molar-refractivity contribution >= 4 is 5.82 Å². The Bertz CT molecular complexity index is 387. The lowest BCUT2D eigenvalue weighted by atomic mass is 10.1. The molecule has 0 spiro atoms. The van der Waals surface area contributed by atoms with Crippen molar-refractivity contribution in [3.05, 3.63) is 23.9 Å². The summed E-state index contributed by atoms with van der Waals surface area (Å²) in [6.07, 6.45) is 5.89. The Morgan fingerprint density at radius 2 is 2.21 bits per heavy atom. The molecule has 1 aromatic heterocycles. The summed E-state index contributed by atoms with van der Waals surface area (Å²) in [7, 11) is 0. The topological polar surface area (TPSA) is 28.2 Å². The molecule has 3 nitrogen and oxygen atoms in total. The molecule has 1 heterocycles. The van der Waals surface area contributed by atoms with Gasteiger partial charge in [-0.05, 0) is 44.7 Å². The van der Waals surface area contributed by atoms with Gasteiger partial charge < -0.3 is 10.2 Å². The molecule has 1 unspecified atom stereocenters. The molecule has 106 valence electrons. The lowest BCUT2D eigenvalue weighted by Gasteiger charge is -2.27. The Kier molecular flexibility index (Phi) is 5.20. The van der Waals surface area contributed by atoms with Crippen LogP contribution in [0.3, 0.4) is 0 Å². The maximum atomic E-state index is 4.67. The standard InChI is InChI=1S/C16H27N3/c1-4-11-19(12-14-8-9-14)16-15(7-6-10-18-16)13(3)17-5-2/h6-7,10,13-14,17H,4-5,8-9,11-12H2,1-3H3. The van der Waals surface area contributed by atoms with Crippen LogP contribution < -0.4 is 10.2 Å². The average molecular weight is 261 g/mol. The van der Waals surface area contributed by atoms with Gasteiger partial charge in [-0.15, -0.1) is 0 Å². The average Bonchev–Trinajstić information content (AvgIpc) is 3.22. The second kappa shape index (κ2) is 6.90. The second-order valence-corrected chi connectivity index (χ2v) is 5.58. The Labute approximate surface area is 117 Å². The number of aromatic nitrogens is 1. The molecule has 1 atom stereocenters. The van der Waals surface area contributed by atoms with Crippen LogP contribution in [0.25, 0.3) is 0 Å². The first-order valence-electron chi connectivity index (χ1n) is 7.69. The van der Waals surface area contributed by atoms with Crippen LogP contribution in [0.1, 0.15) is 51.6 Å². The molecule has 0 bridgehead atoms. The molecule has 0 amide bonds. The number of pyridine rings is 1. The molecule has 1 aromatic rings. The largest absolute Gasteiger partial charge is 0.356 e. The number of nitrogens with one attached hydrogen (secondary N) is 1. The number of rotatable bonds is 8. The molecule has 3 heteroatoms. The zero-order valence-corrected chi connectivity index (χ0v) is 12.5. The summed E-state index contributed by atoms with van der Waals surface area (Å²) in [6.45, 7) is 9.91. The lowest BCUT2D eigenvalue weighted by Crippen LogP contribution is -2.30. The highest BCUT2D eigenvalue weighted by Crippen LogP contribution is 2.33. The predicted octanol–water partition coefficient (Wildman–Crippen LogP) is 3.38. The molecule has 1 aliphatic carbocycles. The second-order valence-electron chi connectivity index (χ2n) is 5.58. The lowest BCUT2D eigenvalue weighted by molar-refractivity contribution is 0.590. The van der Waals surface area contributed by atoms with E-state index in [0.29, 0.717) is 6.04 Å². The Hall–Kier alpha value is -1.09. The fourth-order valence-corrected chi connectivity index (χ4v) is 2.59. The van der Waals surface area contributed by atoms with Crippen molar-refractivity contribution in [3.63, 3.8) is 0 Å². The van der Waals surface area contributed by atoms with E-state index in [-0.39, 0.29) is 0 Å². The Morgan fingerprint density at radius 1 is 1.42 bits per heavy atom. The zero-order valence-electron chi connectivity index (χ0n) is 12.5. The highest BCUT2D eigenvalue weighted by Gasteiger charge is 2.26. The summed E-state index contributed by atoms with van der Waals surface area (Å²) in [4.78, 5) is 7.15. The van der Waals surface area contributed by atoms with E-state index in [2.05, 4.69) is 42.0 Å². The number of anilines is 1. The SMILES string of the molecule is CCCN(CC1CC1)c1ncccc1C(C)NCC. The number of hydrogen-bond donors (Lipinski definition) is 1. The van der Waals surface area contributed by atoms with Gasteiger partial charge in [0.25, 0.3) is 0 Å².